The van der Waals surface area contributed by atoms with Gasteiger partial charge in [0.2, 0.25) is 0 Å². The van der Waals surface area contributed by atoms with Crippen LogP contribution in [0.5, 0.6) is 0 Å². The molecule has 0 bridgehead atoms. The number of rotatable bonds is 6. The lowest BCUT2D eigenvalue weighted by Gasteiger charge is -2.18. The number of nitrogens with zero attached hydrogens (tertiary/aromatic N) is 3. The fraction of sp³-hybridized carbons (Fsp3) is 0.200. The molecule has 0 radical (unpaired) electrons. The molecule has 6 nitrogen and oxygen atoms in total. The lowest BCUT2D eigenvalue weighted by molar-refractivity contribution is 0.0934. The average Bonchev–Trinajstić information content (AvgIpc) is 2.69. The highest BCUT2D eigenvalue weighted by atomic mass is 16.2. The number of carbonyl (C=O) groups excluding carboxylic acids is 1. The topological polar surface area (TPSA) is 76.9 Å². The third-order valence-corrected chi connectivity index (χ3v) is 3.93. The summed E-state index contributed by atoms with van der Waals surface area (Å²) >= 11 is 0. The fourth-order valence-electron chi connectivity index (χ4n) is 2.67. The molecule has 0 aliphatic carbocycles. The maximum Gasteiger partial charge on any atom is 0.272 e. The molecule has 3 aromatic rings. The minimum Gasteiger partial charge on any atom is -0.338 e. The molecule has 1 unspecified atom stereocenters. The quantitative estimate of drug-likeness (QED) is 0.743. The van der Waals surface area contributed by atoms with Crippen LogP contribution in [-0.2, 0) is 6.54 Å². The number of nitrogens with one attached hydrogen (secondary N) is 1. The van der Waals surface area contributed by atoms with Gasteiger partial charge >= 0.3 is 0 Å². The zero-order valence-corrected chi connectivity index (χ0v) is 14.5. The van der Waals surface area contributed by atoms with Gasteiger partial charge in [0.1, 0.15) is 5.69 Å². The van der Waals surface area contributed by atoms with E-state index in [1.807, 2.05) is 55.5 Å². The van der Waals surface area contributed by atoms with Crippen molar-refractivity contribution < 1.29 is 4.79 Å². The van der Waals surface area contributed by atoms with Crippen LogP contribution in [0.1, 0.15) is 41.1 Å². The van der Waals surface area contributed by atoms with E-state index >= 15 is 0 Å². The molecule has 1 aromatic carbocycles. The van der Waals surface area contributed by atoms with E-state index in [1.165, 1.54) is 16.8 Å². The zero-order chi connectivity index (χ0) is 18.4. The normalized spacial score (nSPS) is 11.7. The lowest BCUT2D eigenvalue weighted by atomic mass is 10.0. The number of hydrogen-bond donors (Lipinski definition) is 1. The van der Waals surface area contributed by atoms with E-state index in [0.29, 0.717) is 6.54 Å². The van der Waals surface area contributed by atoms with Crippen molar-refractivity contribution in [2.75, 3.05) is 0 Å². The van der Waals surface area contributed by atoms with Crippen molar-refractivity contribution >= 4 is 5.91 Å². The first-order chi connectivity index (χ1) is 12.7. The molecule has 6 heteroatoms. The molecule has 0 aliphatic rings. The SMILES string of the molecule is CCCn1nc(C(=O)NC(c2ccccc2)c2ccccn2)ccc1=O. The molecule has 0 fully saturated rings. The second-order valence-electron chi connectivity index (χ2n) is 5.85. The van der Waals surface area contributed by atoms with Gasteiger partial charge in [-0.25, -0.2) is 4.68 Å². The van der Waals surface area contributed by atoms with E-state index in [0.717, 1.165) is 17.7 Å². The predicted molar refractivity (Wildman–Crippen MR) is 98.8 cm³/mol. The number of pyridine rings is 1. The van der Waals surface area contributed by atoms with Crippen molar-refractivity contribution in [2.24, 2.45) is 0 Å². The van der Waals surface area contributed by atoms with E-state index in [9.17, 15) is 9.59 Å². The number of hydrogen-bond acceptors (Lipinski definition) is 4. The first-order valence-corrected chi connectivity index (χ1v) is 8.54. The number of amides is 1. The molecule has 3 rings (SSSR count). The summed E-state index contributed by atoms with van der Waals surface area (Å²) in [5, 5.41) is 7.15. The Morgan fingerprint density at radius 3 is 2.54 bits per heavy atom. The molecule has 26 heavy (non-hydrogen) atoms. The Morgan fingerprint density at radius 1 is 1.08 bits per heavy atom. The summed E-state index contributed by atoms with van der Waals surface area (Å²) in [6.45, 7) is 2.43. The Bertz CT molecular complexity index is 884. The van der Waals surface area contributed by atoms with E-state index in [-0.39, 0.29) is 17.2 Å². The number of benzene rings is 1. The maximum absolute atomic E-state index is 12.8. The molecule has 1 atom stereocenters. The highest BCUT2D eigenvalue weighted by Crippen LogP contribution is 2.20. The third kappa shape index (κ3) is 4.03. The van der Waals surface area contributed by atoms with Crippen molar-refractivity contribution in [3.8, 4) is 0 Å². The molecule has 1 N–H and O–H groups in total. The van der Waals surface area contributed by atoms with Crippen molar-refractivity contribution in [1.29, 1.82) is 0 Å². The standard InChI is InChI=1S/C20H20N4O2/c1-2-14-24-18(25)12-11-17(23-24)20(26)22-19(15-8-4-3-5-9-15)16-10-6-7-13-21-16/h3-13,19H,2,14H2,1H3,(H,22,26). The van der Waals surface area contributed by atoms with Crippen LogP contribution >= 0.6 is 0 Å². The summed E-state index contributed by atoms with van der Waals surface area (Å²) in [6, 6.07) is 17.6. The van der Waals surface area contributed by atoms with Crippen LogP contribution in [0.2, 0.25) is 0 Å². The van der Waals surface area contributed by atoms with Gasteiger partial charge < -0.3 is 5.32 Å². The van der Waals surface area contributed by atoms with E-state index < -0.39 is 6.04 Å². The van der Waals surface area contributed by atoms with Gasteiger partial charge in [-0.2, -0.15) is 5.10 Å². The van der Waals surface area contributed by atoms with Crippen LogP contribution in [0.25, 0.3) is 0 Å². The molecule has 0 spiro atoms. The summed E-state index contributed by atoms with van der Waals surface area (Å²) in [5.74, 6) is -0.352. The van der Waals surface area contributed by atoms with E-state index in [1.54, 1.807) is 6.20 Å². The van der Waals surface area contributed by atoms with Crippen LogP contribution < -0.4 is 10.9 Å². The van der Waals surface area contributed by atoms with Gasteiger partial charge in [0.25, 0.3) is 11.5 Å². The van der Waals surface area contributed by atoms with Crippen molar-refractivity contribution in [2.45, 2.75) is 25.9 Å². The Morgan fingerprint density at radius 2 is 1.85 bits per heavy atom. The van der Waals surface area contributed by atoms with Gasteiger partial charge in [-0.3, -0.25) is 14.6 Å². The monoisotopic (exact) mass is 348 g/mol. The van der Waals surface area contributed by atoms with Crippen molar-refractivity contribution in [3.63, 3.8) is 0 Å². The van der Waals surface area contributed by atoms with Crippen LogP contribution in [0, 0.1) is 0 Å². The van der Waals surface area contributed by atoms with Crippen LogP contribution in [0.4, 0.5) is 0 Å². The van der Waals surface area contributed by atoms with Gasteiger partial charge in [-0.15, -0.1) is 0 Å². The summed E-state index contributed by atoms with van der Waals surface area (Å²) in [7, 11) is 0. The molecule has 1 amide bonds. The van der Waals surface area contributed by atoms with Gasteiger partial charge in [0.05, 0.1) is 11.7 Å². The van der Waals surface area contributed by atoms with Crippen LogP contribution in [0.15, 0.2) is 71.7 Å². The Kier molecular flexibility index (Phi) is 5.53. The first-order valence-electron chi connectivity index (χ1n) is 8.54. The first kappa shape index (κ1) is 17.5. The second kappa shape index (κ2) is 8.20. The van der Waals surface area contributed by atoms with Crippen LogP contribution in [0.3, 0.4) is 0 Å². The zero-order valence-electron chi connectivity index (χ0n) is 14.5. The molecule has 132 valence electrons. The molecule has 2 aromatic heterocycles. The average molecular weight is 348 g/mol. The predicted octanol–water partition coefficient (Wildman–Crippen LogP) is 2.57. The largest absolute Gasteiger partial charge is 0.338 e. The Labute approximate surface area is 151 Å². The minimum atomic E-state index is -0.404. The highest BCUT2D eigenvalue weighted by Gasteiger charge is 2.20. The fourth-order valence-corrected chi connectivity index (χ4v) is 2.67. The molecule has 2 heterocycles. The van der Waals surface area contributed by atoms with Gasteiger partial charge in [0.15, 0.2) is 0 Å². The Hall–Kier alpha value is -3.28. The minimum absolute atomic E-state index is 0.204. The molecule has 0 aliphatic heterocycles. The molecular formula is C20H20N4O2. The number of aromatic nitrogens is 3. The van der Waals surface area contributed by atoms with Gasteiger partial charge in [-0.1, -0.05) is 43.3 Å². The van der Waals surface area contributed by atoms with Gasteiger partial charge in [-0.05, 0) is 30.2 Å². The Balaban J connectivity index is 1.91. The van der Waals surface area contributed by atoms with Crippen molar-refractivity contribution in [3.05, 3.63) is 94.2 Å². The summed E-state index contributed by atoms with van der Waals surface area (Å²) in [6.07, 6.45) is 2.45. The highest BCUT2D eigenvalue weighted by molar-refractivity contribution is 5.92. The summed E-state index contributed by atoms with van der Waals surface area (Å²) in [5.41, 5.74) is 1.64. The lowest BCUT2D eigenvalue weighted by Crippen LogP contribution is -2.33. The maximum atomic E-state index is 12.8. The summed E-state index contributed by atoms with van der Waals surface area (Å²) in [4.78, 5) is 28.9. The van der Waals surface area contributed by atoms with Crippen molar-refractivity contribution in [1.82, 2.24) is 20.1 Å². The summed E-state index contributed by atoms with van der Waals surface area (Å²) < 4.78 is 1.31. The van der Waals surface area contributed by atoms with E-state index in [4.69, 9.17) is 0 Å². The second-order valence-corrected chi connectivity index (χ2v) is 5.85. The molecule has 0 saturated carbocycles. The smallest absolute Gasteiger partial charge is 0.272 e. The van der Waals surface area contributed by atoms with Gasteiger partial charge in [0, 0.05) is 18.8 Å². The third-order valence-electron chi connectivity index (χ3n) is 3.93. The molecular weight excluding hydrogens is 328 g/mol. The van der Waals surface area contributed by atoms with Crippen LogP contribution in [-0.4, -0.2) is 20.7 Å². The van der Waals surface area contributed by atoms with E-state index in [2.05, 4.69) is 15.4 Å². The molecule has 0 saturated heterocycles. The number of carbonyl (C=O) groups is 1. The number of aryl methyl sites for hydroxylation is 1.